The van der Waals surface area contributed by atoms with E-state index in [0.29, 0.717) is 11.4 Å². The summed E-state index contributed by atoms with van der Waals surface area (Å²) < 4.78 is 32.5. The molecule has 0 radical (unpaired) electrons. The van der Waals surface area contributed by atoms with Crippen LogP contribution >= 0.6 is 0 Å². The maximum absolute atomic E-state index is 12.5. The van der Waals surface area contributed by atoms with E-state index in [1.54, 1.807) is 50.6 Å². The Hall–Kier alpha value is -2.54. The van der Waals surface area contributed by atoms with Gasteiger partial charge in [-0.2, -0.15) is 0 Å². The smallest absolute Gasteiger partial charge is 0.261 e. The standard InChI is InChI=1S/C16H16N2O4S/c1-18-15-8-7-14(9-11(15)10-16(18)19)23(20,21)17-12-3-5-13(22-2)6-4-12/h3-9,17H,10H2,1-2H3. The van der Waals surface area contributed by atoms with Crippen molar-refractivity contribution in [3.63, 3.8) is 0 Å². The van der Waals surface area contributed by atoms with E-state index in [-0.39, 0.29) is 17.2 Å². The van der Waals surface area contributed by atoms with Gasteiger partial charge in [-0.3, -0.25) is 9.52 Å². The van der Waals surface area contributed by atoms with Crippen molar-refractivity contribution < 1.29 is 17.9 Å². The van der Waals surface area contributed by atoms with E-state index in [0.717, 1.165) is 11.3 Å². The molecule has 0 unspecified atom stereocenters. The molecule has 1 aliphatic rings. The molecule has 2 aromatic rings. The van der Waals surface area contributed by atoms with E-state index in [4.69, 9.17) is 4.74 Å². The van der Waals surface area contributed by atoms with E-state index >= 15 is 0 Å². The number of carbonyl (C=O) groups excluding carboxylic acids is 1. The molecule has 0 fully saturated rings. The molecule has 2 aromatic carbocycles. The summed E-state index contributed by atoms with van der Waals surface area (Å²) in [6.07, 6.45) is 0.220. The van der Waals surface area contributed by atoms with Crippen LogP contribution in [0.4, 0.5) is 11.4 Å². The number of sulfonamides is 1. The number of rotatable bonds is 4. The molecule has 3 rings (SSSR count). The number of anilines is 2. The van der Waals surface area contributed by atoms with Crippen molar-refractivity contribution in [1.82, 2.24) is 0 Å². The number of nitrogens with one attached hydrogen (secondary N) is 1. The summed E-state index contributed by atoms with van der Waals surface area (Å²) in [7, 11) is -0.488. The van der Waals surface area contributed by atoms with Crippen LogP contribution in [-0.2, 0) is 21.2 Å². The lowest BCUT2D eigenvalue weighted by molar-refractivity contribution is -0.117. The Kier molecular flexibility index (Phi) is 3.73. The SMILES string of the molecule is COc1ccc(NS(=O)(=O)c2ccc3c(c2)CC(=O)N3C)cc1. The normalized spacial score (nSPS) is 13.8. The highest BCUT2D eigenvalue weighted by Gasteiger charge is 2.26. The van der Waals surface area contributed by atoms with Gasteiger partial charge >= 0.3 is 0 Å². The predicted octanol–water partition coefficient (Wildman–Crippen LogP) is 2.01. The fraction of sp³-hybridized carbons (Fsp3) is 0.188. The summed E-state index contributed by atoms with van der Waals surface area (Å²) in [5, 5.41) is 0. The molecular weight excluding hydrogens is 316 g/mol. The Morgan fingerprint density at radius 2 is 1.83 bits per heavy atom. The van der Waals surface area contributed by atoms with Crippen LogP contribution < -0.4 is 14.4 Å². The molecule has 0 aliphatic carbocycles. The molecule has 7 heteroatoms. The van der Waals surface area contributed by atoms with Crippen LogP contribution in [0.25, 0.3) is 0 Å². The summed E-state index contributed by atoms with van der Waals surface area (Å²) in [6.45, 7) is 0. The summed E-state index contributed by atoms with van der Waals surface area (Å²) in [5.74, 6) is 0.602. The Morgan fingerprint density at radius 1 is 1.13 bits per heavy atom. The highest BCUT2D eigenvalue weighted by atomic mass is 32.2. The molecule has 0 saturated carbocycles. The van der Waals surface area contributed by atoms with Crippen LogP contribution in [0.15, 0.2) is 47.4 Å². The topological polar surface area (TPSA) is 75.7 Å². The average molecular weight is 332 g/mol. The Balaban J connectivity index is 1.88. The lowest BCUT2D eigenvalue weighted by Gasteiger charge is -2.12. The maximum atomic E-state index is 12.5. The third-order valence-electron chi connectivity index (χ3n) is 3.78. The maximum Gasteiger partial charge on any atom is 0.261 e. The van der Waals surface area contributed by atoms with E-state index in [1.165, 1.54) is 11.0 Å². The zero-order chi connectivity index (χ0) is 16.6. The van der Waals surface area contributed by atoms with Crippen LogP contribution in [0.5, 0.6) is 5.75 Å². The largest absolute Gasteiger partial charge is 0.497 e. The number of benzene rings is 2. The van der Waals surface area contributed by atoms with Gasteiger partial charge in [0.25, 0.3) is 10.0 Å². The van der Waals surface area contributed by atoms with Gasteiger partial charge in [-0.25, -0.2) is 8.42 Å². The number of hydrogen-bond donors (Lipinski definition) is 1. The summed E-state index contributed by atoms with van der Waals surface area (Å²) in [4.78, 5) is 13.4. The number of amides is 1. The van der Waals surface area contributed by atoms with Crippen molar-refractivity contribution in [2.45, 2.75) is 11.3 Å². The summed E-state index contributed by atoms with van der Waals surface area (Å²) >= 11 is 0. The second-order valence-electron chi connectivity index (χ2n) is 5.25. The van der Waals surface area contributed by atoms with Crippen molar-refractivity contribution in [3.05, 3.63) is 48.0 Å². The van der Waals surface area contributed by atoms with Gasteiger partial charge in [0.15, 0.2) is 0 Å². The molecular formula is C16H16N2O4S. The molecule has 1 aliphatic heterocycles. The molecule has 0 atom stereocenters. The first-order valence-electron chi connectivity index (χ1n) is 6.97. The Bertz CT molecular complexity index is 860. The first kappa shape index (κ1) is 15.4. The number of likely N-dealkylation sites (N-methyl/N-ethyl adjacent to an activating group) is 1. The van der Waals surface area contributed by atoms with Crippen LogP contribution in [0.2, 0.25) is 0 Å². The summed E-state index contributed by atoms with van der Waals surface area (Å²) in [6, 6.07) is 11.3. The second kappa shape index (κ2) is 5.58. The van der Waals surface area contributed by atoms with Gasteiger partial charge in [0.1, 0.15) is 5.75 Å². The van der Waals surface area contributed by atoms with Crippen molar-refractivity contribution in [1.29, 1.82) is 0 Å². The molecule has 0 bridgehead atoms. The second-order valence-corrected chi connectivity index (χ2v) is 6.94. The highest BCUT2D eigenvalue weighted by molar-refractivity contribution is 7.92. The number of methoxy groups -OCH3 is 1. The molecule has 1 N–H and O–H groups in total. The number of fused-ring (bicyclic) bond motifs is 1. The zero-order valence-electron chi connectivity index (χ0n) is 12.7. The van der Waals surface area contributed by atoms with Crippen molar-refractivity contribution in [2.24, 2.45) is 0 Å². The number of nitrogens with zero attached hydrogens (tertiary/aromatic N) is 1. The average Bonchev–Trinajstić information content (AvgIpc) is 2.82. The minimum absolute atomic E-state index is 0.0438. The van der Waals surface area contributed by atoms with Gasteiger partial charge < -0.3 is 9.64 Å². The van der Waals surface area contributed by atoms with Gasteiger partial charge in [-0.1, -0.05) is 0 Å². The van der Waals surface area contributed by atoms with E-state index in [2.05, 4.69) is 4.72 Å². The van der Waals surface area contributed by atoms with Gasteiger partial charge in [0.2, 0.25) is 5.91 Å². The van der Waals surface area contributed by atoms with E-state index in [1.807, 2.05) is 0 Å². The van der Waals surface area contributed by atoms with Gasteiger partial charge in [-0.05, 0) is 48.0 Å². The third kappa shape index (κ3) is 2.87. The van der Waals surface area contributed by atoms with Crippen LogP contribution in [-0.4, -0.2) is 28.5 Å². The minimum Gasteiger partial charge on any atom is -0.497 e. The lowest BCUT2D eigenvalue weighted by atomic mass is 10.2. The number of hydrogen-bond acceptors (Lipinski definition) is 4. The molecule has 1 amide bonds. The molecule has 6 nitrogen and oxygen atoms in total. The molecule has 0 aromatic heterocycles. The molecule has 23 heavy (non-hydrogen) atoms. The Morgan fingerprint density at radius 3 is 2.48 bits per heavy atom. The molecule has 1 heterocycles. The van der Waals surface area contributed by atoms with Crippen molar-refractivity contribution >= 4 is 27.3 Å². The van der Waals surface area contributed by atoms with Gasteiger partial charge in [0.05, 0.1) is 18.4 Å². The lowest BCUT2D eigenvalue weighted by Crippen LogP contribution is -2.20. The third-order valence-corrected chi connectivity index (χ3v) is 5.16. The highest BCUT2D eigenvalue weighted by Crippen LogP contribution is 2.30. The van der Waals surface area contributed by atoms with Gasteiger partial charge in [-0.15, -0.1) is 0 Å². The van der Waals surface area contributed by atoms with E-state index < -0.39 is 10.0 Å². The summed E-state index contributed by atoms with van der Waals surface area (Å²) in [5.41, 5.74) is 1.91. The fourth-order valence-electron chi connectivity index (χ4n) is 2.49. The monoisotopic (exact) mass is 332 g/mol. The quantitative estimate of drug-likeness (QED) is 0.929. The molecule has 0 spiro atoms. The first-order chi connectivity index (χ1) is 10.9. The van der Waals surface area contributed by atoms with Crippen LogP contribution in [0, 0.1) is 0 Å². The van der Waals surface area contributed by atoms with Crippen LogP contribution in [0.1, 0.15) is 5.56 Å². The minimum atomic E-state index is -3.71. The van der Waals surface area contributed by atoms with E-state index in [9.17, 15) is 13.2 Å². The predicted molar refractivity (Wildman–Crippen MR) is 87.4 cm³/mol. The first-order valence-corrected chi connectivity index (χ1v) is 8.45. The fourth-order valence-corrected chi connectivity index (χ4v) is 3.60. The molecule has 120 valence electrons. The number of carbonyl (C=O) groups is 1. The van der Waals surface area contributed by atoms with Crippen molar-refractivity contribution in [2.75, 3.05) is 23.8 Å². The van der Waals surface area contributed by atoms with Gasteiger partial charge in [0, 0.05) is 18.4 Å². The van der Waals surface area contributed by atoms with Crippen molar-refractivity contribution in [3.8, 4) is 5.75 Å². The Labute approximate surface area is 134 Å². The number of ether oxygens (including phenoxy) is 1. The zero-order valence-corrected chi connectivity index (χ0v) is 13.6. The molecule has 0 saturated heterocycles. The van der Waals surface area contributed by atoms with Crippen LogP contribution in [0.3, 0.4) is 0 Å².